The molecule has 0 aliphatic carbocycles. The molecule has 2 aromatic heterocycles. The van der Waals surface area contributed by atoms with E-state index in [4.69, 9.17) is 42.4 Å². The van der Waals surface area contributed by atoms with Crippen molar-refractivity contribution in [2.45, 2.75) is 18.5 Å². The maximum atomic E-state index is 11.9. The third-order valence-corrected chi connectivity index (χ3v) is 6.73. The summed E-state index contributed by atoms with van der Waals surface area (Å²) < 4.78 is 16.4. The van der Waals surface area contributed by atoms with Crippen LogP contribution in [0.3, 0.4) is 0 Å². The normalized spacial score (nSPS) is 17.1. The highest BCUT2D eigenvalue weighted by Gasteiger charge is 2.28. The summed E-state index contributed by atoms with van der Waals surface area (Å²) in [6, 6.07) is 2.91. The summed E-state index contributed by atoms with van der Waals surface area (Å²) in [5, 5.41) is 19.9. The largest absolute Gasteiger partial charge is 0.495 e. The molecule has 11 nitrogen and oxygen atoms in total. The molecule has 1 aromatic carbocycles. The first-order chi connectivity index (χ1) is 18.4. The summed E-state index contributed by atoms with van der Waals surface area (Å²) in [5.41, 5.74) is 1.35. The van der Waals surface area contributed by atoms with Crippen molar-refractivity contribution in [1.82, 2.24) is 20.3 Å². The Morgan fingerprint density at radius 1 is 1.21 bits per heavy atom. The number of aliphatic hydroxyl groups is 1. The maximum Gasteiger partial charge on any atom is 0.243 e. The van der Waals surface area contributed by atoms with Gasteiger partial charge in [-0.25, -0.2) is 15.0 Å². The Kier molecular flexibility index (Phi) is 9.05. The summed E-state index contributed by atoms with van der Waals surface area (Å²) in [7, 11) is 2.99. The van der Waals surface area contributed by atoms with Crippen molar-refractivity contribution in [2.24, 2.45) is 0 Å². The Balaban J connectivity index is 1.76. The molecule has 1 aliphatic heterocycles. The van der Waals surface area contributed by atoms with Gasteiger partial charge in [0, 0.05) is 36.4 Å². The molecule has 0 unspecified atom stereocenters. The van der Waals surface area contributed by atoms with Crippen molar-refractivity contribution in [3.8, 4) is 22.8 Å². The number of hydrogen-bond acceptors (Lipinski definition) is 10. The molecular formula is C25H28Cl2N6O5. The molecule has 3 aromatic rings. The van der Waals surface area contributed by atoms with E-state index in [1.54, 1.807) is 18.3 Å². The van der Waals surface area contributed by atoms with Gasteiger partial charge in [-0.15, -0.1) is 0 Å². The zero-order chi connectivity index (χ0) is 27.2. The second kappa shape index (κ2) is 12.4. The lowest BCUT2D eigenvalue weighted by molar-refractivity contribution is -0.117. The lowest BCUT2D eigenvalue weighted by Crippen LogP contribution is -2.52. The van der Waals surface area contributed by atoms with Crippen LogP contribution in [0, 0.1) is 0 Å². The second-order valence-electron chi connectivity index (χ2n) is 8.36. The molecule has 0 saturated carbocycles. The number of nitrogens with zero attached hydrogens (tertiary/aromatic N) is 3. The fraction of sp³-hybridized carbons (Fsp3) is 0.360. The number of ether oxygens (including phenoxy) is 3. The number of benzene rings is 1. The third kappa shape index (κ3) is 5.86. The minimum absolute atomic E-state index is 0.123. The van der Waals surface area contributed by atoms with E-state index < -0.39 is 0 Å². The van der Waals surface area contributed by atoms with Gasteiger partial charge >= 0.3 is 0 Å². The van der Waals surface area contributed by atoms with Crippen LogP contribution in [0.15, 0.2) is 31.0 Å². The number of pyridine rings is 1. The third-order valence-electron chi connectivity index (χ3n) is 5.98. The minimum Gasteiger partial charge on any atom is -0.495 e. The monoisotopic (exact) mass is 562 g/mol. The standard InChI is InChI=1S/C25H28Cl2N6O5/c1-4-19(35)30-14-5-8-38-12-16(14)32-25-29-11-13-9-15(31-24(23(13)33-25)28-6-7-34)20-21(26)17(36-2)10-18(37-3)22(20)27/h4,9-11,14,16,34H,1,5-8,12H2,2-3H3,(H,28,31)(H,30,35)(H,29,32,33)/t14-,16+/m0/s1. The fourth-order valence-corrected chi connectivity index (χ4v) is 4.80. The van der Waals surface area contributed by atoms with Crippen LogP contribution in [-0.2, 0) is 9.53 Å². The number of amides is 1. The number of rotatable bonds is 10. The summed E-state index contributed by atoms with van der Waals surface area (Å²) in [5.74, 6) is 1.20. The van der Waals surface area contributed by atoms with Crippen LogP contribution in [0.25, 0.3) is 22.2 Å². The van der Waals surface area contributed by atoms with Crippen molar-refractivity contribution in [3.63, 3.8) is 0 Å². The molecule has 1 fully saturated rings. The van der Waals surface area contributed by atoms with E-state index in [1.807, 2.05) is 0 Å². The Labute approximate surface area is 229 Å². The molecule has 4 N–H and O–H groups in total. The highest BCUT2D eigenvalue weighted by Crippen LogP contribution is 2.46. The highest BCUT2D eigenvalue weighted by atomic mass is 35.5. The zero-order valence-corrected chi connectivity index (χ0v) is 22.4. The Morgan fingerprint density at radius 2 is 1.95 bits per heavy atom. The smallest absolute Gasteiger partial charge is 0.243 e. The second-order valence-corrected chi connectivity index (χ2v) is 9.11. The van der Waals surface area contributed by atoms with E-state index in [2.05, 4.69) is 32.5 Å². The van der Waals surface area contributed by atoms with Gasteiger partial charge in [-0.05, 0) is 18.6 Å². The number of halogens is 2. The Hall–Kier alpha value is -3.38. The van der Waals surface area contributed by atoms with E-state index >= 15 is 0 Å². The Morgan fingerprint density at radius 3 is 2.61 bits per heavy atom. The van der Waals surface area contributed by atoms with Crippen molar-refractivity contribution in [1.29, 1.82) is 0 Å². The van der Waals surface area contributed by atoms with Gasteiger partial charge in [0.2, 0.25) is 11.9 Å². The van der Waals surface area contributed by atoms with Crippen LogP contribution < -0.4 is 25.4 Å². The quantitative estimate of drug-likeness (QED) is 0.272. The van der Waals surface area contributed by atoms with Gasteiger partial charge in [-0.1, -0.05) is 29.8 Å². The van der Waals surface area contributed by atoms with Gasteiger partial charge in [0.1, 0.15) is 17.0 Å². The summed E-state index contributed by atoms with van der Waals surface area (Å²) in [4.78, 5) is 25.7. The molecule has 1 aliphatic rings. The van der Waals surface area contributed by atoms with Gasteiger partial charge < -0.3 is 35.3 Å². The fourth-order valence-electron chi connectivity index (χ4n) is 4.11. The first kappa shape index (κ1) is 27.6. The topological polar surface area (TPSA) is 140 Å². The van der Waals surface area contributed by atoms with Crippen LogP contribution >= 0.6 is 23.2 Å². The predicted molar refractivity (Wildman–Crippen MR) is 146 cm³/mol. The van der Waals surface area contributed by atoms with E-state index in [0.717, 1.165) is 0 Å². The lowest BCUT2D eigenvalue weighted by Gasteiger charge is -2.32. The number of methoxy groups -OCH3 is 2. The molecule has 1 amide bonds. The summed E-state index contributed by atoms with van der Waals surface area (Å²) in [6.45, 7) is 4.51. The van der Waals surface area contributed by atoms with E-state index in [9.17, 15) is 9.90 Å². The van der Waals surface area contributed by atoms with E-state index in [-0.39, 0.29) is 41.2 Å². The van der Waals surface area contributed by atoms with Crippen LogP contribution in [0.2, 0.25) is 10.0 Å². The van der Waals surface area contributed by atoms with Crippen molar-refractivity contribution in [2.75, 3.05) is 51.2 Å². The number of fused-ring (bicyclic) bond motifs is 1. The molecule has 38 heavy (non-hydrogen) atoms. The molecule has 4 rings (SSSR count). The van der Waals surface area contributed by atoms with Gasteiger partial charge in [0.05, 0.1) is 55.3 Å². The predicted octanol–water partition coefficient (Wildman–Crippen LogP) is 3.29. The lowest BCUT2D eigenvalue weighted by atomic mass is 10.0. The molecule has 3 heterocycles. The number of aromatic nitrogens is 3. The van der Waals surface area contributed by atoms with Crippen LogP contribution in [0.1, 0.15) is 6.42 Å². The minimum atomic E-state index is -0.262. The number of aliphatic hydroxyl groups excluding tert-OH is 1. The van der Waals surface area contributed by atoms with Crippen LogP contribution in [0.4, 0.5) is 11.8 Å². The number of nitrogens with one attached hydrogen (secondary N) is 3. The molecule has 202 valence electrons. The molecular weight excluding hydrogens is 535 g/mol. The molecule has 0 bridgehead atoms. The average Bonchev–Trinajstić information content (AvgIpc) is 2.93. The molecule has 0 radical (unpaired) electrons. The zero-order valence-electron chi connectivity index (χ0n) is 20.9. The first-order valence-electron chi connectivity index (χ1n) is 11.8. The van der Waals surface area contributed by atoms with Gasteiger partial charge in [-0.2, -0.15) is 0 Å². The number of carbonyl (C=O) groups is 1. The number of hydrogen-bond donors (Lipinski definition) is 4. The molecule has 1 saturated heterocycles. The van der Waals surface area contributed by atoms with Crippen LogP contribution in [-0.4, -0.2) is 78.6 Å². The van der Waals surface area contributed by atoms with Gasteiger partial charge in [0.15, 0.2) is 5.82 Å². The van der Waals surface area contributed by atoms with Gasteiger partial charge in [0.25, 0.3) is 0 Å². The first-order valence-corrected chi connectivity index (χ1v) is 12.6. The van der Waals surface area contributed by atoms with Crippen molar-refractivity contribution in [3.05, 3.63) is 41.0 Å². The molecule has 13 heteroatoms. The molecule has 0 spiro atoms. The van der Waals surface area contributed by atoms with Crippen molar-refractivity contribution < 1.29 is 24.1 Å². The molecule has 2 atom stereocenters. The average molecular weight is 563 g/mol. The highest BCUT2D eigenvalue weighted by molar-refractivity contribution is 6.41. The van der Waals surface area contributed by atoms with E-state index in [1.165, 1.54) is 20.3 Å². The van der Waals surface area contributed by atoms with Crippen molar-refractivity contribution >= 4 is 51.8 Å². The number of anilines is 2. The van der Waals surface area contributed by atoms with Crippen LogP contribution in [0.5, 0.6) is 11.5 Å². The Bertz CT molecular complexity index is 1310. The van der Waals surface area contributed by atoms with Gasteiger partial charge in [-0.3, -0.25) is 4.79 Å². The SMILES string of the molecule is C=CC(=O)N[C@H]1CCOC[C@H]1Nc1ncc2cc(-c3c(Cl)c(OC)cc(OC)c3Cl)nc(NCCO)c2n1. The maximum absolute atomic E-state index is 11.9. The summed E-state index contributed by atoms with van der Waals surface area (Å²) >= 11 is 13.2. The number of carbonyl (C=O) groups excluding carboxylic acids is 1. The van der Waals surface area contributed by atoms with E-state index in [0.29, 0.717) is 65.1 Å². The summed E-state index contributed by atoms with van der Waals surface area (Å²) in [6.07, 6.45) is 3.50.